The van der Waals surface area contributed by atoms with Crippen molar-refractivity contribution in [3.8, 4) is 34.4 Å². The van der Waals surface area contributed by atoms with Crippen LogP contribution in [0.25, 0.3) is 33.8 Å². The van der Waals surface area contributed by atoms with Gasteiger partial charge in [-0.15, -0.1) is 0 Å². The third kappa shape index (κ3) is 6.87. The van der Waals surface area contributed by atoms with E-state index in [1.807, 2.05) is 72.9 Å². The van der Waals surface area contributed by atoms with Crippen LogP contribution in [0.3, 0.4) is 0 Å². The van der Waals surface area contributed by atoms with Crippen LogP contribution in [0.15, 0.2) is 73.1 Å². The summed E-state index contributed by atoms with van der Waals surface area (Å²) in [6.07, 6.45) is 4.51. The standard InChI is InChI=1S/C35H38N8O4/c1-23-16-31(43(40-23)14-9-15-47-22-24-10-7-6-8-11-24)29-21-41(2)34(39-29)33-27-20-37-42(3)30(27)18-28(38-33)35(44)36-19-25-12-13-26(45-4)17-32(25)46-5/h6-8,10-13,16-18,20-21H,9,14-15,19,22H2,1-5H3,(H,36,44). The average molecular weight is 635 g/mol. The Morgan fingerprint density at radius 2 is 1.81 bits per heavy atom. The maximum Gasteiger partial charge on any atom is 0.270 e. The summed E-state index contributed by atoms with van der Waals surface area (Å²) in [5.74, 6) is 1.58. The Balaban J connectivity index is 1.23. The molecule has 12 heteroatoms. The van der Waals surface area contributed by atoms with Gasteiger partial charge in [-0.3, -0.25) is 14.2 Å². The fourth-order valence-electron chi connectivity index (χ4n) is 5.51. The highest BCUT2D eigenvalue weighted by Crippen LogP contribution is 2.30. The van der Waals surface area contributed by atoms with Gasteiger partial charge in [0.1, 0.15) is 28.6 Å². The molecule has 242 valence electrons. The first-order valence-corrected chi connectivity index (χ1v) is 15.4. The second-order valence-electron chi connectivity index (χ2n) is 11.3. The first-order chi connectivity index (χ1) is 22.8. The summed E-state index contributed by atoms with van der Waals surface area (Å²) in [6, 6.07) is 19.4. The minimum atomic E-state index is -0.329. The fraction of sp³-hybridized carbons (Fsp3) is 0.286. The SMILES string of the molecule is COc1ccc(CNC(=O)c2cc3c(cnn3C)c(-c3nc(-c4cc(C)nn4CCCOCc4ccccc4)cn3C)n2)c(OC)c1. The molecule has 12 nitrogen and oxygen atoms in total. The minimum Gasteiger partial charge on any atom is -0.497 e. The van der Waals surface area contributed by atoms with Gasteiger partial charge in [0, 0.05) is 57.0 Å². The molecule has 2 aromatic carbocycles. The maximum absolute atomic E-state index is 13.5. The summed E-state index contributed by atoms with van der Waals surface area (Å²) in [4.78, 5) is 23.3. The number of imidazole rings is 1. The van der Waals surface area contributed by atoms with Crippen LogP contribution in [-0.2, 0) is 38.5 Å². The third-order valence-electron chi connectivity index (χ3n) is 7.93. The lowest BCUT2D eigenvalue weighted by Gasteiger charge is -2.12. The van der Waals surface area contributed by atoms with E-state index in [0.717, 1.165) is 45.5 Å². The van der Waals surface area contributed by atoms with Crippen molar-refractivity contribution in [2.75, 3.05) is 20.8 Å². The van der Waals surface area contributed by atoms with Crippen molar-refractivity contribution in [3.63, 3.8) is 0 Å². The molecular formula is C35H38N8O4. The van der Waals surface area contributed by atoms with Crippen molar-refractivity contribution in [3.05, 3.63) is 95.6 Å². The maximum atomic E-state index is 13.5. The van der Waals surface area contributed by atoms with Crippen LogP contribution in [0.1, 0.15) is 33.7 Å². The van der Waals surface area contributed by atoms with Gasteiger partial charge >= 0.3 is 0 Å². The van der Waals surface area contributed by atoms with Crippen LogP contribution in [-0.4, -0.2) is 60.8 Å². The Bertz CT molecular complexity index is 2010. The van der Waals surface area contributed by atoms with E-state index in [-0.39, 0.29) is 18.1 Å². The van der Waals surface area contributed by atoms with E-state index in [0.29, 0.717) is 42.8 Å². The molecule has 0 saturated heterocycles. The molecular weight excluding hydrogens is 596 g/mol. The Morgan fingerprint density at radius 3 is 2.60 bits per heavy atom. The molecule has 6 aromatic rings. The normalized spacial score (nSPS) is 11.3. The van der Waals surface area contributed by atoms with E-state index in [9.17, 15) is 4.79 Å². The first-order valence-electron chi connectivity index (χ1n) is 15.4. The highest BCUT2D eigenvalue weighted by atomic mass is 16.5. The van der Waals surface area contributed by atoms with Crippen LogP contribution in [0.5, 0.6) is 11.5 Å². The molecule has 0 aliphatic heterocycles. The van der Waals surface area contributed by atoms with Crippen LogP contribution >= 0.6 is 0 Å². The molecule has 4 aromatic heterocycles. The number of fused-ring (bicyclic) bond motifs is 1. The monoisotopic (exact) mass is 634 g/mol. The number of aryl methyl sites for hydroxylation is 4. The van der Waals surface area contributed by atoms with Gasteiger partial charge in [0.05, 0.1) is 43.9 Å². The first kappa shape index (κ1) is 31.5. The third-order valence-corrected chi connectivity index (χ3v) is 7.93. The fourth-order valence-corrected chi connectivity index (χ4v) is 5.51. The summed E-state index contributed by atoms with van der Waals surface area (Å²) in [7, 11) is 6.94. The number of benzene rings is 2. The van der Waals surface area contributed by atoms with Gasteiger partial charge in [0.25, 0.3) is 5.91 Å². The van der Waals surface area contributed by atoms with Crippen molar-refractivity contribution >= 4 is 16.8 Å². The van der Waals surface area contributed by atoms with Crippen LogP contribution < -0.4 is 14.8 Å². The Labute approximate surface area is 272 Å². The molecule has 47 heavy (non-hydrogen) atoms. The predicted molar refractivity (Wildman–Crippen MR) is 178 cm³/mol. The summed E-state index contributed by atoms with van der Waals surface area (Å²) in [5.41, 5.74) is 6.11. The van der Waals surface area contributed by atoms with Gasteiger partial charge in [-0.25, -0.2) is 9.97 Å². The number of ether oxygens (including phenoxy) is 3. The Morgan fingerprint density at radius 1 is 0.979 bits per heavy atom. The Hall–Kier alpha value is -5.49. The quantitative estimate of drug-likeness (QED) is 0.174. The number of pyridine rings is 1. The van der Waals surface area contributed by atoms with Gasteiger partial charge in [0.2, 0.25) is 0 Å². The van der Waals surface area contributed by atoms with Crippen molar-refractivity contribution in [2.45, 2.75) is 33.0 Å². The van der Waals surface area contributed by atoms with E-state index in [1.165, 1.54) is 0 Å². The predicted octanol–water partition coefficient (Wildman–Crippen LogP) is 5.09. The highest BCUT2D eigenvalue weighted by Gasteiger charge is 2.21. The van der Waals surface area contributed by atoms with Crippen molar-refractivity contribution in [1.82, 2.24) is 39.4 Å². The van der Waals surface area contributed by atoms with E-state index < -0.39 is 0 Å². The summed E-state index contributed by atoms with van der Waals surface area (Å²) in [6.45, 7) is 4.10. The smallest absolute Gasteiger partial charge is 0.270 e. The lowest BCUT2D eigenvalue weighted by atomic mass is 10.1. The van der Waals surface area contributed by atoms with Crippen LogP contribution in [0, 0.1) is 6.92 Å². The van der Waals surface area contributed by atoms with Gasteiger partial charge in [-0.2, -0.15) is 10.2 Å². The molecule has 0 radical (unpaired) electrons. The number of hydrogen-bond acceptors (Lipinski definition) is 8. The molecule has 0 spiro atoms. The summed E-state index contributed by atoms with van der Waals surface area (Å²) in [5, 5.41) is 12.9. The molecule has 0 bridgehead atoms. The highest BCUT2D eigenvalue weighted by molar-refractivity contribution is 5.99. The molecule has 1 N–H and O–H groups in total. The molecule has 0 saturated carbocycles. The number of nitrogens with one attached hydrogen (secondary N) is 1. The number of methoxy groups -OCH3 is 2. The zero-order chi connectivity index (χ0) is 32.9. The van der Waals surface area contributed by atoms with E-state index in [4.69, 9.17) is 29.3 Å². The van der Waals surface area contributed by atoms with E-state index in [2.05, 4.69) is 22.5 Å². The number of amides is 1. The molecule has 0 unspecified atom stereocenters. The summed E-state index contributed by atoms with van der Waals surface area (Å²) < 4.78 is 22.3. The topological polar surface area (TPSA) is 123 Å². The number of carbonyl (C=O) groups excluding carboxylic acids is 1. The van der Waals surface area contributed by atoms with E-state index >= 15 is 0 Å². The second-order valence-corrected chi connectivity index (χ2v) is 11.3. The molecule has 4 heterocycles. The van der Waals surface area contributed by atoms with Crippen LogP contribution in [0.2, 0.25) is 0 Å². The number of carbonyl (C=O) groups is 1. The van der Waals surface area contributed by atoms with Gasteiger partial charge < -0.3 is 24.1 Å². The van der Waals surface area contributed by atoms with Gasteiger partial charge in [-0.1, -0.05) is 30.3 Å². The number of hydrogen-bond donors (Lipinski definition) is 1. The van der Waals surface area contributed by atoms with Crippen LogP contribution in [0.4, 0.5) is 0 Å². The number of nitrogens with zero attached hydrogens (tertiary/aromatic N) is 7. The Kier molecular flexibility index (Phi) is 9.30. The molecule has 0 atom stereocenters. The molecule has 0 fully saturated rings. The molecule has 0 aliphatic carbocycles. The molecule has 0 aliphatic rings. The average Bonchev–Trinajstić information content (AvgIpc) is 3.78. The second kappa shape index (κ2) is 13.9. The lowest BCUT2D eigenvalue weighted by Crippen LogP contribution is -2.24. The number of rotatable bonds is 13. The molecule has 1 amide bonds. The zero-order valence-electron chi connectivity index (χ0n) is 27.2. The number of aromatic nitrogens is 7. The van der Waals surface area contributed by atoms with Crippen molar-refractivity contribution in [2.24, 2.45) is 14.1 Å². The zero-order valence-corrected chi connectivity index (χ0v) is 27.2. The van der Waals surface area contributed by atoms with Gasteiger partial charge in [0.15, 0.2) is 5.82 Å². The molecule has 6 rings (SSSR count). The minimum absolute atomic E-state index is 0.250. The van der Waals surface area contributed by atoms with Crippen molar-refractivity contribution in [1.29, 1.82) is 0 Å². The summed E-state index contributed by atoms with van der Waals surface area (Å²) >= 11 is 0. The largest absolute Gasteiger partial charge is 0.497 e. The lowest BCUT2D eigenvalue weighted by molar-refractivity contribution is 0.0946. The van der Waals surface area contributed by atoms with Crippen molar-refractivity contribution < 1.29 is 19.0 Å². The van der Waals surface area contributed by atoms with E-state index in [1.54, 1.807) is 37.2 Å². The van der Waals surface area contributed by atoms with Gasteiger partial charge in [-0.05, 0) is 43.2 Å².